The molecule has 3 nitrogen and oxygen atoms in total. The standard InChI is InChI=1S/C13H19NO2/c1-3-11-5-4-10(2)14(11)8-12-6-7-13(9-15)16-12/h6-7,9-11H,3-5,8H2,1-2H3. The van der Waals surface area contributed by atoms with E-state index in [2.05, 4.69) is 18.7 Å². The summed E-state index contributed by atoms with van der Waals surface area (Å²) in [4.78, 5) is 13.0. The van der Waals surface area contributed by atoms with E-state index in [1.54, 1.807) is 6.07 Å². The second-order valence-corrected chi connectivity index (χ2v) is 4.58. The van der Waals surface area contributed by atoms with Crippen molar-refractivity contribution in [2.45, 2.75) is 51.7 Å². The second kappa shape index (κ2) is 4.83. The molecular formula is C13H19NO2. The normalized spacial score (nSPS) is 26.1. The molecule has 0 bridgehead atoms. The van der Waals surface area contributed by atoms with Crippen LogP contribution in [-0.2, 0) is 6.54 Å². The fourth-order valence-electron chi connectivity index (χ4n) is 2.57. The summed E-state index contributed by atoms with van der Waals surface area (Å²) in [5, 5.41) is 0. The van der Waals surface area contributed by atoms with Gasteiger partial charge in [-0.1, -0.05) is 6.92 Å². The highest BCUT2D eigenvalue weighted by Crippen LogP contribution is 2.28. The maximum absolute atomic E-state index is 10.5. The molecular weight excluding hydrogens is 202 g/mol. The molecule has 0 radical (unpaired) electrons. The minimum absolute atomic E-state index is 0.426. The zero-order chi connectivity index (χ0) is 11.5. The smallest absolute Gasteiger partial charge is 0.185 e. The summed E-state index contributed by atoms with van der Waals surface area (Å²) >= 11 is 0. The van der Waals surface area contributed by atoms with Gasteiger partial charge in [-0.25, -0.2) is 0 Å². The van der Waals surface area contributed by atoms with Crippen molar-refractivity contribution >= 4 is 6.29 Å². The van der Waals surface area contributed by atoms with Crippen molar-refractivity contribution in [2.24, 2.45) is 0 Å². The highest BCUT2D eigenvalue weighted by Gasteiger charge is 2.29. The average molecular weight is 221 g/mol. The number of carbonyl (C=O) groups excluding carboxylic acids is 1. The van der Waals surface area contributed by atoms with Crippen molar-refractivity contribution in [1.29, 1.82) is 0 Å². The van der Waals surface area contributed by atoms with Crippen LogP contribution in [0.25, 0.3) is 0 Å². The summed E-state index contributed by atoms with van der Waals surface area (Å²) in [5.41, 5.74) is 0. The molecule has 0 aromatic carbocycles. The van der Waals surface area contributed by atoms with E-state index in [1.807, 2.05) is 6.07 Å². The van der Waals surface area contributed by atoms with Crippen molar-refractivity contribution in [3.8, 4) is 0 Å². The van der Waals surface area contributed by atoms with Gasteiger partial charge in [0.05, 0.1) is 6.54 Å². The van der Waals surface area contributed by atoms with Crippen molar-refractivity contribution in [2.75, 3.05) is 0 Å². The number of rotatable bonds is 4. The summed E-state index contributed by atoms with van der Waals surface area (Å²) in [7, 11) is 0. The molecule has 1 saturated heterocycles. The summed E-state index contributed by atoms with van der Waals surface area (Å²) in [5.74, 6) is 1.32. The second-order valence-electron chi connectivity index (χ2n) is 4.58. The van der Waals surface area contributed by atoms with Crippen LogP contribution in [0.4, 0.5) is 0 Å². The van der Waals surface area contributed by atoms with Crippen LogP contribution >= 0.6 is 0 Å². The van der Waals surface area contributed by atoms with Crippen molar-refractivity contribution < 1.29 is 9.21 Å². The Balaban J connectivity index is 2.04. The number of hydrogen-bond acceptors (Lipinski definition) is 3. The summed E-state index contributed by atoms with van der Waals surface area (Å²) in [6.07, 6.45) is 4.48. The Morgan fingerprint density at radius 1 is 1.50 bits per heavy atom. The maximum Gasteiger partial charge on any atom is 0.185 e. The summed E-state index contributed by atoms with van der Waals surface area (Å²) in [6, 6.07) is 4.93. The lowest BCUT2D eigenvalue weighted by Gasteiger charge is -2.26. The first kappa shape index (κ1) is 11.4. The highest BCUT2D eigenvalue weighted by molar-refractivity contribution is 5.70. The van der Waals surface area contributed by atoms with E-state index in [-0.39, 0.29) is 0 Å². The first-order valence-corrected chi connectivity index (χ1v) is 6.04. The third kappa shape index (κ3) is 2.19. The molecule has 0 amide bonds. The van der Waals surface area contributed by atoms with Crippen LogP contribution in [0, 0.1) is 0 Å². The first-order chi connectivity index (χ1) is 7.74. The van der Waals surface area contributed by atoms with E-state index in [9.17, 15) is 4.79 Å². The fraction of sp³-hybridized carbons (Fsp3) is 0.615. The minimum atomic E-state index is 0.426. The van der Waals surface area contributed by atoms with Crippen LogP contribution in [0.15, 0.2) is 16.5 Å². The third-order valence-electron chi connectivity index (χ3n) is 3.56. The third-order valence-corrected chi connectivity index (χ3v) is 3.56. The highest BCUT2D eigenvalue weighted by atomic mass is 16.3. The van der Waals surface area contributed by atoms with E-state index >= 15 is 0 Å². The van der Waals surface area contributed by atoms with Crippen molar-refractivity contribution in [3.63, 3.8) is 0 Å². The topological polar surface area (TPSA) is 33.5 Å². The predicted molar refractivity (Wildman–Crippen MR) is 62.4 cm³/mol. The predicted octanol–water partition coefficient (Wildman–Crippen LogP) is 2.86. The molecule has 0 N–H and O–H groups in total. The molecule has 1 aliphatic rings. The minimum Gasteiger partial charge on any atom is -0.457 e. The van der Waals surface area contributed by atoms with E-state index in [1.165, 1.54) is 19.3 Å². The number of nitrogens with zero attached hydrogens (tertiary/aromatic N) is 1. The first-order valence-electron chi connectivity index (χ1n) is 6.04. The lowest BCUT2D eigenvalue weighted by Crippen LogP contribution is -2.33. The molecule has 16 heavy (non-hydrogen) atoms. The summed E-state index contributed by atoms with van der Waals surface area (Å²) in [6.45, 7) is 5.32. The van der Waals surface area contributed by atoms with Gasteiger partial charge in [0.1, 0.15) is 5.76 Å². The average Bonchev–Trinajstić information content (AvgIpc) is 2.88. The van der Waals surface area contributed by atoms with Gasteiger partial charge in [0.15, 0.2) is 12.0 Å². The zero-order valence-electron chi connectivity index (χ0n) is 9.98. The van der Waals surface area contributed by atoms with Crippen LogP contribution in [0.5, 0.6) is 0 Å². The Morgan fingerprint density at radius 2 is 2.31 bits per heavy atom. The molecule has 1 aromatic heterocycles. The molecule has 1 aromatic rings. The molecule has 88 valence electrons. The fourth-order valence-corrected chi connectivity index (χ4v) is 2.57. The number of hydrogen-bond donors (Lipinski definition) is 0. The molecule has 2 unspecified atom stereocenters. The molecule has 1 fully saturated rings. The number of likely N-dealkylation sites (tertiary alicyclic amines) is 1. The molecule has 0 aliphatic carbocycles. The van der Waals surface area contributed by atoms with Gasteiger partial charge in [0.25, 0.3) is 0 Å². The van der Waals surface area contributed by atoms with Gasteiger partial charge in [0, 0.05) is 12.1 Å². The van der Waals surface area contributed by atoms with E-state index < -0.39 is 0 Å². The molecule has 3 heteroatoms. The van der Waals surface area contributed by atoms with Crippen LogP contribution in [0.3, 0.4) is 0 Å². The lowest BCUT2D eigenvalue weighted by atomic mass is 10.1. The van der Waals surface area contributed by atoms with Crippen molar-refractivity contribution in [1.82, 2.24) is 4.90 Å². The zero-order valence-corrected chi connectivity index (χ0v) is 9.98. The van der Waals surface area contributed by atoms with E-state index in [4.69, 9.17) is 4.42 Å². The molecule has 2 heterocycles. The summed E-state index contributed by atoms with van der Waals surface area (Å²) < 4.78 is 5.43. The monoisotopic (exact) mass is 221 g/mol. The van der Waals surface area contributed by atoms with Crippen LogP contribution in [-0.4, -0.2) is 23.3 Å². The Bertz CT molecular complexity index is 359. The molecule has 1 aliphatic heterocycles. The van der Waals surface area contributed by atoms with Gasteiger partial charge in [-0.05, 0) is 38.3 Å². The number of aldehydes is 1. The van der Waals surface area contributed by atoms with Gasteiger partial charge in [-0.2, -0.15) is 0 Å². The molecule has 2 atom stereocenters. The maximum atomic E-state index is 10.5. The largest absolute Gasteiger partial charge is 0.457 e. The Labute approximate surface area is 96.4 Å². The van der Waals surface area contributed by atoms with Crippen LogP contribution in [0.1, 0.15) is 49.4 Å². The number of carbonyl (C=O) groups is 1. The van der Waals surface area contributed by atoms with Gasteiger partial charge < -0.3 is 4.42 Å². The Kier molecular flexibility index (Phi) is 3.44. The molecule has 0 saturated carbocycles. The van der Waals surface area contributed by atoms with Crippen molar-refractivity contribution in [3.05, 3.63) is 23.7 Å². The molecule has 0 spiro atoms. The van der Waals surface area contributed by atoms with Gasteiger partial charge >= 0.3 is 0 Å². The Morgan fingerprint density at radius 3 is 2.94 bits per heavy atom. The van der Waals surface area contributed by atoms with Gasteiger partial charge in [-0.3, -0.25) is 9.69 Å². The SMILES string of the molecule is CCC1CCC(C)N1Cc1ccc(C=O)o1. The Hall–Kier alpha value is -1.09. The van der Waals surface area contributed by atoms with Gasteiger partial charge in [0.2, 0.25) is 0 Å². The van der Waals surface area contributed by atoms with Crippen LogP contribution in [0.2, 0.25) is 0 Å². The van der Waals surface area contributed by atoms with E-state index in [0.717, 1.165) is 18.6 Å². The van der Waals surface area contributed by atoms with Crippen LogP contribution < -0.4 is 0 Å². The van der Waals surface area contributed by atoms with E-state index in [0.29, 0.717) is 17.8 Å². The lowest BCUT2D eigenvalue weighted by molar-refractivity contribution is 0.109. The van der Waals surface area contributed by atoms with Gasteiger partial charge in [-0.15, -0.1) is 0 Å². The molecule has 2 rings (SSSR count). The quantitative estimate of drug-likeness (QED) is 0.733. The number of furan rings is 1.